The standard InChI is InChI=1S/C38H31ClF3N5O3/c1-22-31(37(50)47(27-9-11-29(48)12-10-27)28-16-24-14-15-44(2)35(24)43-20-28)19-33(45(22)3)32-18-26(39)8-13-30(32)36(49)46-21-25-7-5-4-6-23(25)17-34(46)38(40,41)42/h4-16,18-20,34,48H,17,21H2,1-3H3/t34-/m0/s1. The lowest BCUT2D eigenvalue weighted by Crippen LogP contribution is -2.52. The minimum atomic E-state index is -4.66. The van der Waals surface area contributed by atoms with Crippen LogP contribution in [-0.2, 0) is 27.1 Å². The van der Waals surface area contributed by atoms with E-state index >= 15 is 0 Å². The third-order valence-corrected chi connectivity index (χ3v) is 9.64. The number of pyridine rings is 1. The van der Waals surface area contributed by atoms with Crippen LogP contribution in [0.3, 0.4) is 0 Å². The molecule has 8 nitrogen and oxygen atoms in total. The van der Waals surface area contributed by atoms with Crippen LogP contribution in [0.25, 0.3) is 22.3 Å². The Kier molecular flexibility index (Phi) is 8.18. The van der Waals surface area contributed by atoms with Crippen molar-refractivity contribution in [2.75, 3.05) is 4.90 Å². The first-order valence-electron chi connectivity index (χ1n) is 15.8. The first-order valence-corrected chi connectivity index (χ1v) is 16.1. The first kappa shape index (κ1) is 33.0. The van der Waals surface area contributed by atoms with Crippen molar-refractivity contribution in [1.29, 1.82) is 0 Å². The number of aromatic hydroxyl groups is 1. The number of phenols is 1. The van der Waals surface area contributed by atoms with Gasteiger partial charge in [0, 0.05) is 71.9 Å². The van der Waals surface area contributed by atoms with Gasteiger partial charge in [0.25, 0.3) is 11.8 Å². The van der Waals surface area contributed by atoms with Crippen LogP contribution >= 0.6 is 11.6 Å². The van der Waals surface area contributed by atoms with E-state index in [4.69, 9.17) is 11.6 Å². The summed E-state index contributed by atoms with van der Waals surface area (Å²) in [6, 6.07) is 20.8. The van der Waals surface area contributed by atoms with Crippen LogP contribution in [0, 0.1) is 6.92 Å². The van der Waals surface area contributed by atoms with Gasteiger partial charge < -0.3 is 19.1 Å². The van der Waals surface area contributed by atoms with Crippen molar-refractivity contribution in [3.05, 3.63) is 130 Å². The molecule has 2 amide bonds. The van der Waals surface area contributed by atoms with Gasteiger partial charge in [-0.2, -0.15) is 13.2 Å². The van der Waals surface area contributed by atoms with Crippen molar-refractivity contribution in [2.24, 2.45) is 14.1 Å². The van der Waals surface area contributed by atoms with Crippen molar-refractivity contribution in [1.82, 2.24) is 19.0 Å². The van der Waals surface area contributed by atoms with E-state index in [-0.39, 0.29) is 40.4 Å². The van der Waals surface area contributed by atoms with Crippen molar-refractivity contribution in [3.63, 3.8) is 0 Å². The fourth-order valence-electron chi connectivity index (χ4n) is 6.64. The van der Waals surface area contributed by atoms with Gasteiger partial charge in [-0.1, -0.05) is 35.9 Å². The van der Waals surface area contributed by atoms with E-state index in [1.807, 2.05) is 29.9 Å². The number of benzene rings is 3. The highest BCUT2D eigenvalue weighted by Crippen LogP contribution is 2.38. The number of aryl methyl sites for hydroxylation is 1. The smallest absolute Gasteiger partial charge is 0.409 e. The van der Waals surface area contributed by atoms with E-state index < -0.39 is 24.0 Å². The van der Waals surface area contributed by atoms with Gasteiger partial charge in [0.05, 0.1) is 17.4 Å². The Morgan fingerprint density at radius 2 is 1.64 bits per heavy atom. The second kappa shape index (κ2) is 12.4. The highest BCUT2D eigenvalue weighted by atomic mass is 35.5. The summed E-state index contributed by atoms with van der Waals surface area (Å²) in [6.07, 6.45) is -1.56. The van der Waals surface area contributed by atoms with Crippen molar-refractivity contribution in [3.8, 4) is 17.0 Å². The first-order chi connectivity index (χ1) is 23.8. The number of carbonyl (C=O) groups is 2. The molecule has 1 N–H and O–H groups in total. The molecule has 1 aliphatic rings. The summed E-state index contributed by atoms with van der Waals surface area (Å²) in [5.74, 6) is -1.20. The fraction of sp³-hybridized carbons (Fsp3) is 0.184. The topological polar surface area (TPSA) is 83.6 Å². The van der Waals surface area contributed by atoms with Gasteiger partial charge in [-0.05, 0) is 78.7 Å². The molecular weight excluding hydrogens is 667 g/mol. The van der Waals surface area contributed by atoms with Gasteiger partial charge in [0.2, 0.25) is 0 Å². The van der Waals surface area contributed by atoms with Gasteiger partial charge in [-0.25, -0.2) is 4.98 Å². The van der Waals surface area contributed by atoms with Gasteiger partial charge in [-0.3, -0.25) is 14.5 Å². The van der Waals surface area contributed by atoms with Gasteiger partial charge in [-0.15, -0.1) is 0 Å². The molecule has 0 unspecified atom stereocenters. The molecular formula is C38H31ClF3N5O3. The number of carbonyl (C=O) groups excluding carboxylic acids is 2. The predicted molar refractivity (Wildman–Crippen MR) is 186 cm³/mol. The highest BCUT2D eigenvalue weighted by molar-refractivity contribution is 6.31. The quantitative estimate of drug-likeness (QED) is 0.196. The number of halogens is 4. The minimum absolute atomic E-state index is 0.0248. The number of phenolic OH excluding ortho intramolecular Hbond substituents is 1. The molecule has 0 aliphatic carbocycles. The Balaban J connectivity index is 1.32. The molecule has 0 spiro atoms. The number of nitrogens with zero attached hydrogens (tertiary/aromatic N) is 5. The summed E-state index contributed by atoms with van der Waals surface area (Å²) in [7, 11) is 3.59. The second-order valence-electron chi connectivity index (χ2n) is 12.4. The molecule has 0 saturated carbocycles. The van der Waals surface area contributed by atoms with E-state index in [0.29, 0.717) is 33.9 Å². The van der Waals surface area contributed by atoms with E-state index in [2.05, 4.69) is 4.98 Å². The molecule has 7 rings (SSSR count). The summed E-state index contributed by atoms with van der Waals surface area (Å²) >= 11 is 6.44. The van der Waals surface area contributed by atoms with Crippen LogP contribution in [0.2, 0.25) is 5.02 Å². The molecule has 3 aromatic carbocycles. The minimum Gasteiger partial charge on any atom is -0.508 e. The monoisotopic (exact) mass is 697 g/mol. The molecule has 1 atom stereocenters. The zero-order valence-electron chi connectivity index (χ0n) is 27.2. The fourth-order valence-corrected chi connectivity index (χ4v) is 6.82. The maximum atomic E-state index is 14.6. The number of fused-ring (bicyclic) bond motifs is 2. The summed E-state index contributed by atoms with van der Waals surface area (Å²) in [4.78, 5) is 35.7. The maximum absolute atomic E-state index is 14.6. The molecule has 6 aromatic rings. The lowest BCUT2D eigenvalue weighted by atomic mass is 9.92. The number of amides is 2. The van der Waals surface area contributed by atoms with E-state index in [0.717, 1.165) is 15.9 Å². The van der Waals surface area contributed by atoms with E-state index in [1.54, 1.807) is 67.2 Å². The van der Waals surface area contributed by atoms with Crippen LogP contribution in [0.4, 0.5) is 24.5 Å². The molecule has 1 aliphatic heterocycles. The zero-order valence-corrected chi connectivity index (χ0v) is 28.0. The molecule has 0 saturated heterocycles. The molecule has 0 bridgehead atoms. The number of anilines is 2. The molecule has 4 heterocycles. The maximum Gasteiger partial charge on any atom is 0.409 e. The Hall–Kier alpha value is -5.55. The van der Waals surface area contributed by atoms with Crippen LogP contribution in [0.5, 0.6) is 5.75 Å². The number of alkyl halides is 3. The van der Waals surface area contributed by atoms with Gasteiger partial charge >= 0.3 is 6.18 Å². The third kappa shape index (κ3) is 5.77. The number of hydrogen-bond donors (Lipinski definition) is 1. The predicted octanol–water partition coefficient (Wildman–Crippen LogP) is 8.35. The Morgan fingerprint density at radius 1 is 0.920 bits per heavy atom. The van der Waals surface area contributed by atoms with Gasteiger partial charge in [0.15, 0.2) is 0 Å². The molecule has 254 valence electrons. The Bertz CT molecular complexity index is 2290. The number of hydrogen-bond acceptors (Lipinski definition) is 4. The van der Waals surface area contributed by atoms with Crippen LogP contribution in [-0.4, -0.2) is 48.2 Å². The number of rotatable bonds is 5. The highest BCUT2D eigenvalue weighted by Gasteiger charge is 2.48. The van der Waals surface area contributed by atoms with Crippen LogP contribution < -0.4 is 4.90 Å². The lowest BCUT2D eigenvalue weighted by Gasteiger charge is -2.38. The molecule has 0 radical (unpaired) electrons. The molecule has 12 heteroatoms. The molecule has 3 aromatic heterocycles. The van der Waals surface area contributed by atoms with Crippen molar-refractivity contribution < 1.29 is 27.9 Å². The summed E-state index contributed by atoms with van der Waals surface area (Å²) in [6.45, 7) is 1.54. The summed E-state index contributed by atoms with van der Waals surface area (Å²) in [5, 5.41) is 11.1. The van der Waals surface area contributed by atoms with E-state index in [1.165, 1.54) is 35.2 Å². The average Bonchev–Trinajstić information content (AvgIpc) is 3.61. The summed E-state index contributed by atoms with van der Waals surface area (Å²) in [5.41, 5.74) is 4.43. The average molecular weight is 698 g/mol. The largest absolute Gasteiger partial charge is 0.508 e. The normalized spacial score (nSPS) is 14.5. The second-order valence-corrected chi connectivity index (χ2v) is 12.9. The van der Waals surface area contributed by atoms with Crippen LogP contribution in [0.1, 0.15) is 37.5 Å². The Morgan fingerprint density at radius 3 is 2.36 bits per heavy atom. The van der Waals surface area contributed by atoms with E-state index in [9.17, 15) is 27.9 Å². The zero-order chi connectivity index (χ0) is 35.5. The van der Waals surface area contributed by atoms with Crippen molar-refractivity contribution >= 4 is 45.8 Å². The molecule has 0 fully saturated rings. The van der Waals surface area contributed by atoms with Crippen molar-refractivity contribution in [2.45, 2.75) is 32.1 Å². The molecule has 50 heavy (non-hydrogen) atoms. The Labute approximate surface area is 290 Å². The SMILES string of the molecule is Cc1c(C(=O)N(c2ccc(O)cc2)c2cnc3c(ccn3C)c2)cc(-c2cc(Cl)ccc2C(=O)N2Cc3ccccc3C[C@H]2C(F)(F)F)n1C. The summed E-state index contributed by atoms with van der Waals surface area (Å²) < 4.78 is 46.9. The third-order valence-electron chi connectivity index (χ3n) is 9.40. The van der Waals surface area contributed by atoms with Crippen LogP contribution in [0.15, 0.2) is 97.3 Å². The number of aromatic nitrogens is 3. The van der Waals surface area contributed by atoms with Gasteiger partial charge in [0.1, 0.15) is 17.4 Å². The lowest BCUT2D eigenvalue weighted by molar-refractivity contribution is -0.179.